The lowest BCUT2D eigenvalue weighted by Gasteiger charge is -2.48. The minimum Gasteiger partial charge on any atom is -0.329 e. The van der Waals surface area contributed by atoms with Crippen LogP contribution in [0.4, 0.5) is 0 Å². The Morgan fingerprint density at radius 2 is 1.94 bits per heavy atom. The SMILES string of the molecule is CCC(CC)(CN)N1CCSCC1S(=O)(=O)CC. The van der Waals surface area contributed by atoms with Gasteiger partial charge in [-0.1, -0.05) is 20.8 Å². The molecule has 0 aromatic heterocycles. The first kappa shape index (κ1) is 16.3. The summed E-state index contributed by atoms with van der Waals surface area (Å²) in [5, 5.41) is -0.357. The van der Waals surface area contributed by atoms with E-state index in [2.05, 4.69) is 18.7 Å². The average molecular weight is 294 g/mol. The highest BCUT2D eigenvalue weighted by Gasteiger charge is 2.43. The van der Waals surface area contributed by atoms with Crippen LogP contribution in [0.25, 0.3) is 0 Å². The highest BCUT2D eigenvalue weighted by molar-refractivity contribution is 8.01. The normalized spacial score (nSPS) is 23.2. The van der Waals surface area contributed by atoms with Crippen LogP contribution in [0.2, 0.25) is 0 Å². The van der Waals surface area contributed by atoms with E-state index in [1.807, 2.05) is 0 Å². The molecular weight excluding hydrogens is 268 g/mol. The monoisotopic (exact) mass is 294 g/mol. The first-order chi connectivity index (χ1) is 8.47. The van der Waals surface area contributed by atoms with Gasteiger partial charge in [-0.2, -0.15) is 11.8 Å². The van der Waals surface area contributed by atoms with Gasteiger partial charge in [0, 0.05) is 35.9 Å². The maximum Gasteiger partial charge on any atom is 0.166 e. The predicted molar refractivity (Wildman–Crippen MR) is 79.6 cm³/mol. The topological polar surface area (TPSA) is 63.4 Å². The molecule has 1 aliphatic rings. The molecule has 0 saturated carbocycles. The lowest BCUT2D eigenvalue weighted by atomic mass is 9.90. The first-order valence-electron chi connectivity index (χ1n) is 6.73. The van der Waals surface area contributed by atoms with Crippen molar-refractivity contribution in [2.75, 3.05) is 30.3 Å². The second-order valence-electron chi connectivity index (χ2n) is 4.81. The highest BCUT2D eigenvalue weighted by atomic mass is 32.2. The van der Waals surface area contributed by atoms with Crippen LogP contribution in [0, 0.1) is 0 Å². The summed E-state index contributed by atoms with van der Waals surface area (Å²) < 4.78 is 24.5. The van der Waals surface area contributed by atoms with Crippen LogP contribution in [-0.2, 0) is 9.84 Å². The van der Waals surface area contributed by atoms with Gasteiger partial charge < -0.3 is 5.73 Å². The van der Waals surface area contributed by atoms with Crippen molar-refractivity contribution in [3.05, 3.63) is 0 Å². The van der Waals surface area contributed by atoms with Crippen LogP contribution >= 0.6 is 11.8 Å². The van der Waals surface area contributed by atoms with Gasteiger partial charge in [-0.15, -0.1) is 0 Å². The Kier molecular flexibility index (Phi) is 5.96. The van der Waals surface area contributed by atoms with Crippen LogP contribution < -0.4 is 5.73 Å². The quantitative estimate of drug-likeness (QED) is 0.800. The molecule has 2 N–H and O–H groups in total. The first-order valence-corrected chi connectivity index (χ1v) is 9.60. The van der Waals surface area contributed by atoms with Crippen LogP contribution in [0.3, 0.4) is 0 Å². The number of hydrogen-bond donors (Lipinski definition) is 1. The zero-order chi connectivity index (χ0) is 13.8. The molecule has 1 atom stereocenters. The van der Waals surface area contributed by atoms with E-state index < -0.39 is 9.84 Å². The van der Waals surface area contributed by atoms with E-state index in [0.29, 0.717) is 12.3 Å². The minimum absolute atomic E-state index is 0.159. The maximum absolute atomic E-state index is 12.3. The van der Waals surface area contributed by atoms with Crippen molar-refractivity contribution >= 4 is 21.6 Å². The molecule has 0 aromatic carbocycles. The molecule has 4 nitrogen and oxygen atoms in total. The molecule has 0 spiro atoms. The van der Waals surface area contributed by atoms with Crippen molar-refractivity contribution in [3.63, 3.8) is 0 Å². The minimum atomic E-state index is -3.03. The molecule has 0 amide bonds. The van der Waals surface area contributed by atoms with Crippen molar-refractivity contribution in [1.82, 2.24) is 4.90 Å². The standard InChI is InChI=1S/C12H26N2O2S2/c1-4-12(5-2,10-13)14-7-8-17-9-11(14)18(15,16)6-3/h11H,4-10,13H2,1-3H3. The van der Waals surface area contributed by atoms with Gasteiger partial charge in [-0.25, -0.2) is 8.42 Å². The van der Waals surface area contributed by atoms with Gasteiger partial charge in [0.1, 0.15) is 5.37 Å². The van der Waals surface area contributed by atoms with Gasteiger partial charge in [0.25, 0.3) is 0 Å². The van der Waals surface area contributed by atoms with Crippen LogP contribution in [-0.4, -0.2) is 54.6 Å². The fourth-order valence-electron chi connectivity index (χ4n) is 2.68. The van der Waals surface area contributed by atoms with Crippen LogP contribution in [0.15, 0.2) is 0 Å². The molecule has 108 valence electrons. The van der Waals surface area contributed by atoms with Gasteiger partial charge in [0.05, 0.1) is 0 Å². The molecule has 1 aliphatic heterocycles. The van der Waals surface area contributed by atoms with Crippen molar-refractivity contribution in [3.8, 4) is 0 Å². The van der Waals surface area contributed by atoms with Gasteiger partial charge in [0.2, 0.25) is 0 Å². The number of thioether (sulfide) groups is 1. The molecule has 1 heterocycles. The lowest BCUT2D eigenvalue weighted by Crippen LogP contribution is -2.62. The molecule has 0 bridgehead atoms. The molecule has 0 aromatic rings. The van der Waals surface area contributed by atoms with Gasteiger partial charge >= 0.3 is 0 Å². The Labute approximate surface area is 116 Å². The Bertz CT molecular complexity index is 345. The van der Waals surface area contributed by atoms with E-state index in [9.17, 15) is 8.42 Å². The third kappa shape index (κ3) is 3.03. The van der Waals surface area contributed by atoms with Crippen molar-refractivity contribution in [1.29, 1.82) is 0 Å². The van der Waals surface area contributed by atoms with Crippen molar-refractivity contribution in [2.24, 2.45) is 5.73 Å². The largest absolute Gasteiger partial charge is 0.329 e. The molecule has 1 saturated heterocycles. The highest BCUT2D eigenvalue weighted by Crippen LogP contribution is 2.32. The van der Waals surface area contributed by atoms with E-state index in [4.69, 9.17) is 5.73 Å². The lowest BCUT2D eigenvalue weighted by molar-refractivity contribution is 0.0807. The van der Waals surface area contributed by atoms with E-state index in [0.717, 1.165) is 25.1 Å². The fraction of sp³-hybridized carbons (Fsp3) is 1.00. The van der Waals surface area contributed by atoms with E-state index in [1.54, 1.807) is 18.7 Å². The summed E-state index contributed by atoms with van der Waals surface area (Å²) in [6.07, 6.45) is 1.81. The summed E-state index contributed by atoms with van der Waals surface area (Å²) in [5.74, 6) is 1.89. The number of nitrogens with two attached hydrogens (primary N) is 1. The van der Waals surface area contributed by atoms with E-state index in [-0.39, 0.29) is 16.7 Å². The second-order valence-corrected chi connectivity index (χ2v) is 8.41. The molecule has 0 radical (unpaired) electrons. The van der Waals surface area contributed by atoms with E-state index in [1.165, 1.54) is 0 Å². The third-order valence-electron chi connectivity index (χ3n) is 4.21. The van der Waals surface area contributed by atoms with Crippen molar-refractivity contribution in [2.45, 2.75) is 44.5 Å². The van der Waals surface area contributed by atoms with Gasteiger partial charge in [-0.05, 0) is 12.8 Å². The second kappa shape index (κ2) is 6.59. The Hall–Kier alpha value is 0.220. The fourth-order valence-corrected chi connectivity index (χ4v) is 5.77. The smallest absolute Gasteiger partial charge is 0.166 e. The molecule has 0 aliphatic carbocycles. The zero-order valence-corrected chi connectivity index (χ0v) is 13.3. The Morgan fingerprint density at radius 3 is 2.39 bits per heavy atom. The number of sulfone groups is 1. The molecule has 18 heavy (non-hydrogen) atoms. The average Bonchev–Trinajstić information content (AvgIpc) is 2.42. The van der Waals surface area contributed by atoms with Crippen molar-refractivity contribution < 1.29 is 8.42 Å². The van der Waals surface area contributed by atoms with Crippen LogP contribution in [0.5, 0.6) is 0 Å². The third-order valence-corrected chi connectivity index (χ3v) is 7.50. The molecule has 1 rings (SSSR count). The number of rotatable bonds is 6. The van der Waals surface area contributed by atoms with Gasteiger partial charge in [0.15, 0.2) is 9.84 Å². The molecule has 6 heteroatoms. The van der Waals surface area contributed by atoms with Gasteiger partial charge in [-0.3, -0.25) is 4.90 Å². The Morgan fingerprint density at radius 1 is 1.33 bits per heavy atom. The number of hydrogen-bond acceptors (Lipinski definition) is 5. The zero-order valence-electron chi connectivity index (χ0n) is 11.7. The summed E-state index contributed by atoms with van der Waals surface area (Å²) in [4.78, 5) is 2.17. The molecule has 1 unspecified atom stereocenters. The summed E-state index contributed by atoms with van der Waals surface area (Å²) in [5.41, 5.74) is 5.80. The summed E-state index contributed by atoms with van der Waals surface area (Å²) >= 11 is 1.73. The summed E-state index contributed by atoms with van der Waals surface area (Å²) in [6, 6.07) is 0. The Balaban J connectivity index is 3.09. The summed E-state index contributed by atoms with van der Waals surface area (Å²) in [7, 11) is -3.03. The molecular formula is C12H26N2O2S2. The van der Waals surface area contributed by atoms with E-state index >= 15 is 0 Å². The number of nitrogens with zero attached hydrogens (tertiary/aromatic N) is 1. The predicted octanol–water partition coefficient (Wildman–Crippen LogP) is 1.31. The maximum atomic E-state index is 12.3. The summed E-state index contributed by atoms with van der Waals surface area (Å²) in [6.45, 7) is 7.30. The molecule has 1 fully saturated rings. The van der Waals surface area contributed by atoms with Crippen LogP contribution in [0.1, 0.15) is 33.6 Å².